The maximum absolute atomic E-state index is 12.3. The molecule has 0 unspecified atom stereocenters. The molecule has 2 aromatic rings. The Morgan fingerprint density at radius 2 is 1.10 bits per heavy atom. The summed E-state index contributed by atoms with van der Waals surface area (Å²) in [6.07, 6.45) is 1.82. The molecule has 10 heteroatoms. The van der Waals surface area contributed by atoms with Crippen molar-refractivity contribution in [2.75, 3.05) is 10.6 Å². The van der Waals surface area contributed by atoms with Crippen molar-refractivity contribution in [2.24, 2.45) is 11.5 Å². The number of rotatable bonds is 10. The number of anilines is 2. The second-order valence-electron chi connectivity index (χ2n) is 7.07. The third kappa shape index (κ3) is 5.71. The molecule has 0 bridgehead atoms. The van der Waals surface area contributed by atoms with Crippen LogP contribution in [-0.2, 0) is 22.4 Å². The van der Waals surface area contributed by atoms with Crippen LogP contribution in [0.1, 0.15) is 74.7 Å². The Morgan fingerprint density at radius 1 is 0.742 bits per heavy atom. The van der Waals surface area contributed by atoms with Crippen LogP contribution < -0.4 is 22.1 Å². The number of aryl methyl sites for hydroxylation is 2. The predicted molar refractivity (Wildman–Crippen MR) is 125 cm³/mol. The molecule has 2 aromatic heterocycles. The summed E-state index contributed by atoms with van der Waals surface area (Å²) in [5, 5.41) is 6.38. The topological polar surface area (TPSA) is 144 Å². The monoisotopic (exact) mass is 464 g/mol. The van der Waals surface area contributed by atoms with Crippen LogP contribution in [0.15, 0.2) is 0 Å². The average Bonchev–Trinajstić information content (AvgIpc) is 3.16. The molecule has 31 heavy (non-hydrogen) atoms. The molecule has 2 rings (SSSR count). The lowest BCUT2D eigenvalue weighted by molar-refractivity contribution is -0.117. The Hall–Kier alpha value is -2.72. The number of thiophene rings is 2. The summed E-state index contributed by atoms with van der Waals surface area (Å²) < 4.78 is 0. The van der Waals surface area contributed by atoms with Crippen molar-refractivity contribution in [1.29, 1.82) is 0 Å². The van der Waals surface area contributed by atoms with E-state index in [-0.39, 0.29) is 24.7 Å². The Balaban J connectivity index is 1.95. The van der Waals surface area contributed by atoms with Crippen LogP contribution in [-0.4, -0.2) is 23.6 Å². The van der Waals surface area contributed by atoms with E-state index in [2.05, 4.69) is 10.6 Å². The molecule has 0 aliphatic carbocycles. The SMILES string of the molecule is CCc1c(C)sc(NC(=O)CCCC(=O)Nc2sc(C)c(CC)c2C(N)=O)c1C(N)=O. The first-order chi connectivity index (χ1) is 14.6. The van der Waals surface area contributed by atoms with Gasteiger partial charge in [0, 0.05) is 22.6 Å². The van der Waals surface area contributed by atoms with Gasteiger partial charge < -0.3 is 22.1 Å². The lowest BCUT2D eigenvalue weighted by atomic mass is 10.1. The van der Waals surface area contributed by atoms with Crippen LogP contribution in [0.5, 0.6) is 0 Å². The molecule has 0 aliphatic rings. The van der Waals surface area contributed by atoms with Gasteiger partial charge in [0.1, 0.15) is 10.0 Å². The van der Waals surface area contributed by atoms with Crippen LogP contribution in [0, 0.1) is 13.8 Å². The Bertz CT molecular complexity index is 943. The molecular formula is C21H28N4O4S2. The fourth-order valence-electron chi connectivity index (χ4n) is 3.49. The maximum atomic E-state index is 12.3. The summed E-state index contributed by atoms with van der Waals surface area (Å²) >= 11 is 2.64. The van der Waals surface area contributed by atoms with Crippen LogP contribution in [0.25, 0.3) is 0 Å². The molecule has 0 saturated carbocycles. The van der Waals surface area contributed by atoms with Crippen molar-refractivity contribution in [2.45, 2.75) is 59.8 Å². The van der Waals surface area contributed by atoms with Crippen LogP contribution in [0.3, 0.4) is 0 Å². The zero-order valence-corrected chi connectivity index (χ0v) is 19.8. The minimum atomic E-state index is -0.571. The van der Waals surface area contributed by atoms with Gasteiger partial charge in [0.05, 0.1) is 11.1 Å². The van der Waals surface area contributed by atoms with Crippen molar-refractivity contribution in [3.8, 4) is 0 Å². The number of carbonyl (C=O) groups excluding carboxylic acids is 4. The van der Waals surface area contributed by atoms with E-state index < -0.39 is 11.8 Å². The van der Waals surface area contributed by atoms with Gasteiger partial charge in [-0.1, -0.05) is 13.8 Å². The standard InChI is InChI=1S/C21H28N4O4S2/c1-5-12-10(3)30-20(16(12)18(22)28)24-14(26)8-7-9-15(27)25-21-17(19(23)29)13(6-2)11(4)31-21/h5-9H2,1-4H3,(H2,22,28)(H2,23,29)(H,24,26)(H,25,27). The van der Waals surface area contributed by atoms with Gasteiger partial charge in [-0.05, 0) is 44.2 Å². The maximum Gasteiger partial charge on any atom is 0.251 e. The highest BCUT2D eigenvalue weighted by atomic mass is 32.1. The summed E-state index contributed by atoms with van der Waals surface area (Å²) in [6, 6.07) is 0. The van der Waals surface area contributed by atoms with E-state index >= 15 is 0 Å². The molecule has 8 nitrogen and oxygen atoms in total. The van der Waals surface area contributed by atoms with Crippen molar-refractivity contribution in [3.63, 3.8) is 0 Å². The molecule has 0 atom stereocenters. The van der Waals surface area contributed by atoms with Crippen molar-refractivity contribution in [3.05, 3.63) is 32.0 Å². The molecule has 0 radical (unpaired) electrons. The van der Waals surface area contributed by atoms with Crippen molar-refractivity contribution in [1.82, 2.24) is 0 Å². The quantitative estimate of drug-likeness (QED) is 0.426. The Kier molecular flexibility index (Phi) is 8.35. The smallest absolute Gasteiger partial charge is 0.251 e. The van der Waals surface area contributed by atoms with Crippen LogP contribution in [0.4, 0.5) is 10.0 Å². The molecule has 2 heterocycles. The lowest BCUT2D eigenvalue weighted by Crippen LogP contribution is -2.19. The van der Waals surface area contributed by atoms with Gasteiger partial charge >= 0.3 is 0 Å². The summed E-state index contributed by atoms with van der Waals surface area (Å²) in [5.41, 5.74) is 13.4. The molecule has 0 aliphatic heterocycles. The van der Waals surface area contributed by atoms with Crippen molar-refractivity contribution < 1.29 is 19.2 Å². The number of amides is 4. The first-order valence-electron chi connectivity index (χ1n) is 10.0. The van der Waals surface area contributed by atoms with E-state index in [9.17, 15) is 19.2 Å². The summed E-state index contributed by atoms with van der Waals surface area (Å²) in [4.78, 5) is 50.1. The molecule has 4 amide bonds. The second kappa shape index (κ2) is 10.5. The van der Waals surface area contributed by atoms with Gasteiger partial charge in [-0.2, -0.15) is 0 Å². The van der Waals surface area contributed by atoms with E-state index in [1.54, 1.807) is 0 Å². The molecule has 0 aromatic carbocycles. The first-order valence-corrected chi connectivity index (χ1v) is 11.7. The Labute approximate surface area is 189 Å². The predicted octanol–water partition coefficient (Wildman–Crippen LogP) is 3.50. The molecule has 0 saturated heterocycles. The zero-order chi connectivity index (χ0) is 23.3. The van der Waals surface area contributed by atoms with E-state index in [4.69, 9.17) is 11.5 Å². The third-order valence-corrected chi connectivity index (χ3v) is 7.06. The summed E-state index contributed by atoms with van der Waals surface area (Å²) in [7, 11) is 0. The van der Waals surface area contributed by atoms with E-state index in [0.717, 1.165) is 20.9 Å². The van der Waals surface area contributed by atoms with Crippen LogP contribution in [0.2, 0.25) is 0 Å². The van der Waals surface area contributed by atoms with E-state index in [1.165, 1.54) is 22.7 Å². The fourth-order valence-corrected chi connectivity index (χ4v) is 5.83. The average molecular weight is 465 g/mol. The minimum Gasteiger partial charge on any atom is -0.365 e. The molecule has 168 valence electrons. The Morgan fingerprint density at radius 3 is 1.39 bits per heavy atom. The van der Waals surface area contributed by atoms with Gasteiger partial charge in [-0.15, -0.1) is 22.7 Å². The normalized spacial score (nSPS) is 10.7. The van der Waals surface area contributed by atoms with E-state index in [1.807, 2.05) is 27.7 Å². The van der Waals surface area contributed by atoms with Crippen molar-refractivity contribution >= 4 is 56.3 Å². The molecular weight excluding hydrogens is 436 g/mol. The third-order valence-electron chi connectivity index (χ3n) is 4.93. The number of hydrogen-bond donors (Lipinski definition) is 4. The van der Waals surface area contributed by atoms with Gasteiger partial charge in [0.15, 0.2) is 0 Å². The minimum absolute atomic E-state index is 0.108. The van der Waals surface area contributed by atoms with E-state index in [0.29, 0.717) is 40.4 Å². The zero-order valence-electron chi connectivity index (χ0n) is 18.1. The lowest BCUT2D eigenvalue weighted by Gasteiger charge is -2.07. The number of carbonyl (C=O) groups is 4. The number of hydrogen-bond acceptors (Lipinski definition) is 6. The first kappa shape index (κ1) is 24.5. The number of nitrogens with one attached hydrogen (secondary N) is 2. The molecule has 6 N–H and O–H groups in total. The number of nitrogens with two attached hydrogens (primary N) is 2. The number of primary amides is 2. The summed E-state index contributed by atoms with van der Waals surface area (Å²) in [5.74, 6) is -1.73. The van der Waals surface area contributed by atoms with Gasteiger partial charge in [0.2, 0.25) is 11.8 Å². The summed E-state index contributed by atoms with van der Waals surface area (Å²) in [6.45, 7) is 7.61. The highest BCUT2D eigenvalue weighted by Crippen LogP contribution is 2.34. The van der Waals surface area contributed by atoms with Gasteiger partial charge in [0.25, 0.3) is 11.8 Å². The molecule has 0 fully saturated rings. The van der Waals surface area contributed by atoms with Gasteiger partial charge in [-0.25, -0.2) is 0 Å². The largest absolute Gasteiger partial charge is 0.365 e. The highest BCUT2D eigenvalue weighted by Gasteiger charge is 2.22. The highest BCUT2D eigenvalue weighted by molar-refractivity contribution is 7.17. The molecule has 0 spiro atoms. The second-order valence-corrected chi connectivity index (χ2v) is 9.52. The van der Waals surface area contributed by atoms with Crippen LogP contribution >= 0.6 is 22.7 Å². The fraction of sp³-hybridized carbons (Fsp3) is 0.429. The van der Waals surface area contributed by atoms with Gasteiger partial charge in [-0.3, -0.25) is 19.2 Å².